The summed E-state index contributed by atoms with van der Waals surface area (Å²) < 4.78 is 13.9. The number of benzodiazepines with no additional fused rings is 1. The van der Waals surface area contributed by atoms with E-state index in [0.717, 1.165) is 0 Å². The molecule has 0 saturated carbocycles. The number of benzene rings is 2. The number of nitro groups is 1. The third-order valence-electron chi connectivity index (χ3n) is 3.28. The molecule has 0 bridgehead atoms. The van der Waals surface area contributed by atoms with Gasteiger partial charge in [0.05, 0.1) is 16.3 Å². The van der Waals surface area contributed by atoms with Gasteiger partial charge in [-0.1, -0.05) is 23.7 Å². The Balaban J connectivity index is 2.25. The highest BCUT2D eigenvalue weighted by Crippen LogP contribution is 2.29. The molecule has 0 aliphatic carbocycles. The Bertz CT molecular complexity index is 854. The standard InChI is InChI=1S/C15H9ClFN3O3/c16-9-3-1-2-8(6-9)13-11-7-10(20(22)23)4-5-12(11)18-15(21)14(17)19-13/h1-7,14H,(H,18,21). The van der Waals surface area contributed by atoms with Crippen LogP contribution in [0, 0.1) is 10.1 Å². The number of halogens is 2. The minimum absolute atomic E-state index is 0.122. The van der Waals surface area contributed by atoms with E-state index < -0.39 is 17.1 Å². The molecule has 2 aromatic rings. The fraction of sp³-hybridized carbons (Fsp3) is 0.0667. The molecule has 6 nitrogen and oxygen atoms in total. The molecule has 1 amide bonds. The first kappa shape index (κ1) is 15.1. The van der Waals surface area contributed by atoms with Gasteiger partial charge in [-0.15, -0.1) is 0 Å². The third-order valence-corrected chi connectivity index (χ3v) is 3.52. The van der Waals surface area contributed by atoms with Gasteiger partial charge in [0, 0.05) is 28.3 Å². The van der Waals surface area contributed by atoms with Gasteiger partial charge in [0.15, 0.2) is 0 Å². The first-order valence-corrected chi connectivity index (χ1v) is 6.91. The minimum atomic E-state index is -2.12. The summed E-state index contributed by atoms with van der Waals surface area (Å²) in [4.78, 5) is 25.9. The Morgan fingerprint density at radius 1 is 1.26 bits per heavy atom. The number of fused-ring (bicyclic) bond motifs is 1. The van der Waals surface area contributed by atoms with Gasteiger partial charge in [-0.2, -0.15) is 0 Å². The lowest BCUT2D eigenvalue weighted by Crippen LogP contribution is -2.21. The molecule has 1 heterocycles. The zero-order valence-electron chi connectivity index (χ0n) is 11.5. The van der Waals surface area contributed by atoms with Crippen LogP contribution in [0.15, 0.2) is 47.5 Å². The van der Waals surface area contributed by atoms with E-state index in [4.69, 9.17) is 11.6 Å². The number of carbonyl (C=O) groups is 1. The summed E-state index contributed by atoms with van der Waals surface area (Å²) in [7, 11) is 0. The van der Waals surface area contributed by atoms with Crippen molar-refractivity contribution >= 4 is 34.6 Å². The van der Waals surface area contributed by atoms with Gasteiger partial charge in [-0.05, 0) is 18.2 Å². The number of rotatable bonds is 2. The molecule has 1 aliphatic heterocycles. The largest absolute Gasteiger partial charge is 0.321 e. The van der Waals surface area contributed by atoms with Gasteiger partial charge in [-0.3, -0.25) is 14.9 Å². The van der Waals surface area contributed by atoms with E-state index in [2.05, 4.69) is 10.3 Å². The van der Waals surface area contributed by atoms with Crippen LogP contribution in [-0.2, 0) is 4.79 Å². The Hall–Kier alpha value is -2.80. The molecular formula is C15H9ClFN3O3. The van der Waals surface area contributed by atoms with Crippen molar-refractivity contribution in [3.05, 3.63) is 68.7 Å². The highest BCUT2D eigenvalue weighted by Gasteiger charge is 2.26. The quantitative estimate of drug-likeness (QED) is 0.519. The molecule has 1 aliphatic rings. The van der Waals surface area contributed by atoms with Gasteiger partial charge < -0.3 is 5.32 Å². The Kier molecular flexibility index (Phi) is 3.79. The maximum Gasteiger partial charge on any atom is 0.281 e. The molecule has 0 saturated heterocycles. The molecule has 3 rings (SSSR count). The second-order valence-electron chi connectivity index (χ2n) is 4.80. The van der Waals surface area contributed by atoms with E-state index in [9.17, 15) is 19.3 Å². The van der Waals surface area contributed by atoms with Gasteiger partial charge in [0.1, 0.15) is 0 Å². The molecule has 23 heavy (non-hydrogen) atoms. The summed E-state index contributed by atoms with van der Waals surface area (Å²) in [5.41, 5.74) is 0.898. The van der Waals surface area contributed by atoms with Gasteiger partial charge in [0.25, 0.3) is 17.9 Å². The van der Waals surface area contributed by atoms with Gasteiger partial charge in [0.2, 0.25) is 0 Å². The van der Waals surface area contributed by atoms with E-state index in [-0.39, 0.29) is 22.6 Å². The number of anilines is 1. The van der Waals surface area contributed by atoms with Crippen molar-refractivity contribution in [2.45, 2.75) is 6.30 Å². The van der Waals surface area contributed by atoms with Crippen molar-refractivity contribution in [1.29, 1.82) is 0 Å². The molecule has 0 radical (unpaired) electrons. The van der Waals surface area contributed by atoms with Crippen molar-refractivity contribution in [3.63, 3.8) is 0 Å². The highest BCUT2D eigenvalue weighted by atomic mass is 35.5. The lowest BCUT2D eigenvalue weighted by molar-refractivity contribution is -0.384. The monoisotopic (exact) mass is 333 g/mol. The zero-order chi connectivity index (χ0) is 16.6. The molecule has 0 aromatic heterocycles. The fourth-order valence-corrected chi connectivity index (χ4v) is 2.44. The smallest absolute Gasteiger partial charge is 0.281 e. The third kappa shape index (κ3) is 2.91. The first-order chi connectivity index (χ1) is 11.0. The fourth-order valence-electron chi connectivity index (χ4n) is 2.25. The van der Waals surface area contributed by atoms with Crippen LogP contribution in [0.3, 0.4) is 0 Å². The normalized spacial score (nSPS) is 16.9. The Morgan fingerprint density at radius 2 is 2.04 bits per heavy atom. The average molecular weight is 334 g/mol. The summed E-state index contributed by atoms with van der Waals surface area (Å²) in [6, 6.07) is 10.3. The topological polar surface area (TPSA) is 84.6 Å². The summed E-state index contributed by atoms with van der Waals surface area (Å²) in [6.07, 6.45) is -2.12. The summed E-state index contributed by atoms with van der Waals surface area (Å²) in [5, 5.41) is 13.7. The molecule has 1 unspecified atom stereocenters. The molecule has 0 spiro atoms. The number of carbonyl (C=O) groups excluding carboxylic acids is 1. The van der Waals surface area contributed by atoms with Crippen LogP contribution < -0.4 is 5.32 Å². The van der Waals surface area contributed by atoms with Crippen LogP contribution in [0.4, 0.5) is 15.8 Å². The number of alkyl halides is 1. The number of non-ortho nitro benzene ring substituents is 1. The van der Waals surface area contributed by atoms with E-state index in [1.807, 2.05) is 0 Å². The second kappa shape index (κ2) is 5.77. The van der Waals surface area contributed by atoms with Crippen molar-refractivity contribution in [2.24, 2.45) is 4.99 Å². The second-order valence-corrected chi connectivity index (χ2v) is 5.24. The van der Waals surface area contributed by atoms with Crippen molar-refractivity contribution in [2.75, 3.05) is 5.32 Å². The predicted molar refractivity (Wildman–Crippen MR) is 83.7 cm³/mol. The minimum Gasteiger partial charge on any atom is -0.321 e. The molecule has 1 atom stereocenters. The number of amides is 1. The van der Waals surface area contributed by atoms with Crippen LogP contribution in [0.2, 0.25) is 5.02 Å². The molecule has 116 valence electrons. The summed E-state index contributed by atoms with van der Waals surface area (Å²) >= 11 is 5.94. The van der Waals surface area contributed by atoms with Crippen LogP contribution >= 0.6 is 11.6 Å². The van der Waals surface area contributed by atoms with Crippen LogP contribution in [0.5, 0.6) is 0 Å². The van der Waals surface area contributed by atoms with Crippen molar-refractivity contribution in [1.82, 2.24) is 0 Å². The molecule has 1 N–H and O–H groups in total. The number of nitro benzene ring substituents is 1. The van der Waals surface area contributed by atoms with Crippen LogP contribution in [0.25, 0.3) is 0 Å². The van der Waals surface area contributed by atoms with Gasteiger partial charge >= 0.3 is 0 Å². The summed E-state index contributed by atoms with van der Waals surface area (Å²) in [5.74, 6) is -0.933. The number of nitrogens with one attached hydrogen (secondary N) is 1. The highest BCUT2D eigenvalue weighted by molar-refractivity contribution is 6.31. The maximum absolute atomic E-state index is 13.9. The molecule has 8 heteroatoms. The Labute approximate surface area is 134 Å². The van der Waals surface area contributed by atoms with Crippen molar-refractivity contribution < 1.29 is 14.1 Å². The Morgan fingerprint density at radius 3 is 2.74 bits per heavy atom. The predicted octanol–water partition coefficient (Wildman–Crippen LogP) is 3.33. The lowest BCUT2D eigenvalue weighted by atomic mass is 10.00. The number of aliphatic imine (C=N–C) groups is 1. The number of nitrogens with zero attached hydrogens (tertiary/aromatic N) is 2. The average Bonchev–Trinajstić information content (AvgIpc) is 2.64. The SMILES string of the molecule is O=C1Nc2ccc([N+](=O)[O-])cc2C(c2cccc(Cl)c2)=NC1F. The molecule has 2 aromatic carbocycles. The van der Waals surface area contributed by atoms with Crippen LogP contribution in [-0.4, -0.2) is 22.8 Å². The first-order valence-electron chi connectivity index (χ1n) is 6.53. The molecule has 0 fully saturated rings. The number of hydrogen-bond donors (Lipinski definition) is 1. The van der Waals surface area contributed by atoms with E-state index in [1.165, 1.54) is 18.2 Å². The van der Waals surface area contributed by atoms with E-state index in [0.29, 0.717) is 10.6 Å². The van der Waals surface area contributed by atoms with E-state index in [1.54, 1.807) is 24.3 Å². The van der Waals surface area contributed by atoms with Gasteiger partial charge in [-0.25, -0.2) is 9.38 Å². The molecular weight excluding hydrogens is 325 g/mol. The zero-order valence-corrected chi connectivity index (χ0v) is 12.2. The van der Waals surface area contributed by atoms with Crippen molar-refractivity contribution in [3.8, 4) is 0 Å². The van der Waals surface area contributed by atoms with E-state index >= 15 is 0 Å². The summed E-state index contributed by atoms with van der Waals surface area (Å²) in [6.45, 7) is 0. The van der Waals surface area contributed by atoms with Crippen LogP contribution in [0.1, 0.15) is 11.1 Å². The maximum atomic E-state index is 13.9. The number of hydrogen-bond acceptors (Lipinski definition) is 4. The lowest BCUT2D eigenvalue weighted by Gasteiger charge is -2.09.